The normalized spacial score (nSPS) is 11.8. The Hall–Kier alpha value is -2.27. The smallest absolute Gasteiger partial charge is 0.261 e. The predicted octanol–water partition coefficient (Wildman–Crippen LogP) is 4.15. The van der Waals surface area contributed by atoms with Crippen LogP contribution in [0.3, 0.4) is 0 Å². The van der Waals surface area contributed by atoms with Crippen molar-refractivity contribution in [3.63, 3.8) is 0 Å². The molecule has 0 aliphatic carbocycles. The Morgan fingerprint density at radius 3 is 2.39 bits per heavy atom. The highest BCUT2D eigenvalue weighted by Crippen LogP contribution is 2.29. The van der Waals surface area contributed by atoms with E-state index in [4.69, 9.17) is 0 Å². The molecule has 5 heteroatoms. The van der Waals surface area contributed by atoms with Crippen LogP contribution >= 0.6 is 0 Å². The first kappa shape index (κ1) is 15.6. The Bertz CT molecular complexity index is 955. The van der Waals surface area contributed by atoms with Crippen molar-refractivity contribution in [3.8, 4) is 0 Å². The molecule has 0 bridgehead atoms. The molecule has 3 rings (SSSR count). The number of H-pyrrole nitrogens is 1. The van der Waals surface area contributed by atoms with Crippen molar-refractivity contribution in [1.29, 1.82) is 0 Å². The zero-order valence-corrected chi connectivity index (χ0v) is 14.3. The van der Waals surface area contributed by atoms with E-state index in [-0.39, 0.29) is 4.90 Å². The third-order valence-electron chi connectivity index (χ3n) is 4.23. The van der Waals surface area contributed by atoms with Crippen molar-refractivity contribution >= 4 is 26.6 Å². The van der Waals surface area contributed by atoms with Crippen molar-refractivity contribution < 1.29 is 8.42 Å². The van der Waals surface area contributed by atoms with E-state index in [1.165, 1.54) is 0 Å². The van der Waals surface area contributed by atoms with Crippen LogP contribution in [0.2, 0.25) is 0 Å². The number of para-hydroxylation sites is 1. The van der Waals surface area contributed by atoms with Gasteiger partial charge in [-0.3, -0.25) is 4.72 Å². The van der Waals surface area contributed by atoms with Crippen molar-refractivity contribution in [2.45, 2.75) is 32.1 Å². The molecule has 4 nitrogen and oxygen atoms in total. The van der Waals surface area contributed by atoms with E-state index in [1.54, 1.807) is 18.2 Å². The number of aromatic amines is 1. The van der Waals surface area contributed by atoms with E-state index >= 15 is 0 Å². The zero-order chi connectivity index (χ0) is 16.6. The second kappa shape index (κ2) is 5.74. The highest BCUT2D eigenvalue weighted by Gasteiger charge is 2.16. The maximum Gasteiger partial charge on any atom is 0.261 e. The molecular weight excluding hydrogens is 308 g/mol. The fraction of sp³-hybridized carbons (Fsp3) is 0.222. The lowest BCUT2D eigenvalue weighted by Gasteiger charge is -2.10. The monoisotopic (exact) mass is 328 g/mol. The molecule has 0 unspecified atom stereocenters. The highest BCUT2D eigenvalue weighted by atomic mass is 32.2. The number of aryl methyl sites for hydroxylation is 3. The van der Waals surface area contributed by atoms with Crippen LogP contribution in [0.1, 0.15) is 23.7 Å². The van der Waals surface area contributed by atoms with Gasteiger partial charge in [-0.2, -0.15) is 0 Å². The van der Waals surface area contributed by atoms with Gasteiger partial charge in [-0.15, -0.1) is 0 Å². The molecule has 1 heterocycles. The molecule has 2 N–H and O–H groups in total. The number of rotatable bonds is 4. The van der Waals surface area contributed by atoms with Gasteiger partial charge in [0.05, 0.1) is 16.1 Å². The number of anilines is 1. The molecule has 0 saturated heterocycles. The van der Waals surface area contributed by atoms with E-state index in [2.05, 4.69) is 9.71 Å². The molecule has 23 heavy (non-hydrogen) atoms. The maximum atomic E-state index is 12.6. The zero-order valence-electron chi connectivity index (χ0n) is 13.5. The first-order chi connectivity index (χ1) is 10.9. The number of hydrogen-bond donors (Lipinski definition) is 2. The van der Waals surface area contributed by atoms with Crippen LogP contribution in [0, 0.1) is 13.8 Å². The van der Waals surface area contributed by atoms with Crippen LogP contribution in [0.15, 0.2) is 47.4 Å². The maximum absolute atomic E-state index is 12.6. The minimum absolute atomic E-state index is 0.270. The minimum atomic E-state index is -3.60. The topological polar surface area (TPSA) is 62.0 Å². The third kappa shape index (κ3) is 2.84. The predicted molar refractivity (Wildman–Crippen MR) is 94.4 cm³/mol. The summed E-state index contributed by atoms with van der Waals surface area (Å²) in [7, 11) is -3.60. The Morgan fingerprint density at radius 2 is 1.74 bits per heavy atom. The molecule has 0 amide bonds. The lowest BCUT2D eigenvalue weighted by molar-refractivity contribution is 0.601. The minimum Gasteiger partial charge on any atom is -0.357 e. The number of sulfonamides is 1. The van der Waals surface area contributed by atoms with E-state index in [0.717, 1.165) is 34.1 Å². The lowest BCUT2D eigenvalue weighted by Crippen LogP contribution is -2.13. The van der Waals surface area contributed by atoms with E-state index in [1.807, 2.05) is 45.0 Å². The molecule has 3 aromatic rings. The molecule has 0 radical (unpaired) electrons. The van der Waals surface area contributed by atoms with Crippen LogP contribution in [0.25, 0.3) is 10.9 Å². The molecule has 0 aliphatic rings. The summed E-state index contributed by atoms with van der Waals surface area (Å²) in [5.74, 6) is 0. The SMILES string of the molecule is CCc1ccc(S(=O)(=O)Nc2cccc3c(C)c(C)[nH]c23)cc1. The number of hydrogen-bond acceptors (Lipinski definition) is 2. The van der Waals surface area contributed by atoms with Crippen LogP contribution < -0.4 is 4.72 Å². The van der Waals surface area contributed by atoms with Crippen LogP contribution in [0.5, 0.6) is 0 Å². The Morgan fingerprint density at radius 1 is 1.04 bits per heavy atom. The summed E-state index contributed by atoms with van der Waals surface area (Å²) in [4.78, 5) is 3.53. The molecule has 0 aliphatic heterocycles. The summed E-state index contributed by atoms with van der Waals surface area (Å²) in [5, 5.41) is 1.03. The fourth-order valence-electron chi connectivity index (χ4n) is 2.68. The van der Waals surface area contributed by atoms with Crippen LogP contribution in [-0.2, 0) is 16.4 Å². The summed E-state index contributed by atoms with van der Waals surface area (Å²) in [6.45, 7) is 6.05. The van der Waals surface area contributed by atoms with Gasteiger partial charge < -0.3 is 4.98 Å². The van der Waals surface area contributed by atoms with Gasteiger partial charge in [0.15, 0.2) is 0 Å². The second-order valence-electron chi connectivity index (χ2n) is 5.71. The van der Waals surface area contributed by atoms with E-state index in [9.17, 15) is 8.42 Å². The molecular formula is C18H20N2O2S. The molecule has 1 aromatic heterocycles. The molecule has 0 spiro atoms. The third-order valence-corrected chi connectivity index (χ3v) is 5.61. The summed E-state index contributed by atoms with van der Waals surface area (Å²) < 4.78 is 27.9. The van der Waals surface area contributed by atoms with Crippen LogP contribution in [-0.4, -0.2) is 13.4 Å². The second-order valence-corrected chi connectivity index (χ2v) is 7.39. The van der Waals surface area contributed by atoms with Crippen molar-refractivity contribution in [3.05, 3.63) is 59.3 Å². The highest BCUT2D eigenvalue weighted by molar-refractivity contribution is 7.92. The number of aromatic nitrogens is 1. The largest absolute Gasteiger partial charge is 0.357 e. The first-order valence-electron chi connectivity index (χ1n) is 7.62. The molecule has 0 fully saturated rings. The van der Waals surface area contributed by atoms with Crippen molar-refractivity contribution in [2.24, 2.45) is 0 Å². The van der Waals surface area contributed by atoms with Gasteiger partial charge in [0, 0.05) is 11.1 Å². The standard InChI is InChI=1S/C18H20N2O2S/c1-4-14-8-10-15(11-9-14)23(21,22)20-17-7-5-6-16-12(2)13(3)19-18(16)17/h5-11,19-20H,4H2,1-3H3. The molecule has 2 aromatic carbocycles. The number of benzene rings is 2. The first-order valence-corrected chi connectivity index (χ1v) is 9.10. The summed E-state index contributed by atoms with van der Waals surface area (Å²) in [6.07, 6.45) is 0.883. The van der Waals surface area contributed by atoms with Gasteiger partial charge in [-0.1, -0.05) is 31.2 Å². The average molecular weight is 328 g/mol. The van der Waals surface area contributed by atoms with Gasteiger partial charge in [-0.05, 0) is 49.6 Å². The molecule has 120 valence electrons. The molecule has 0 saturated carbocycles. The quantitative estimate of drug-likeness (QED) is 0.756. The van der Waals surface area contributed by atoms with Gasteiger partial charge in [0.2, 0.25) is 0 Å². The average Bonchev–Trinajstić information content (AvgIpc) is 2.84. The van der Waals surface area contributed by atoms with Crippen LogP contribution in [0.4, 0.5) is 5.69 Å². The summed E-state index contributed by atoms with van der Waals surface area (Å²) >= 11 is 0. The summed E-state index contributed by atoms with van der Waals surface area (Å²) in [5.41, 5.74) is 4.67. The Balaban J connectivity index is 2.01. The Kier molecular flexibility index (Phi) is 3.90. The summed E-state index contributed by atoms with van der Waals surface area (Å²) in [6, 6.07) is 12.6. The van der Waals surface area contributed by atoms with Gasteiger partial charge in [0.25, 0.3) is 10.0 Å². The lowest BCUT2D eigenvalue weighted by atomic mass is 10.1. The van der Waals surface area contributed by atoms with Gasteiger partial charge in [-0.25, -0.2) is 8.42 Å². The van der Waals surface area contributed by atoms with E-state index < -0.39 is 10.0 Å². The number of nitrogens with one attached hydrogen (secondary N) is 2. The fourth-order valence-corrected chi connectivity index (χ4v) is 3.75. The van der Waals surface area contributed by atoms with Gasteiger partial charge in [0.1, 0.15) is 0 Å². The van der Waals surface area contributed by atoms with Crippen molar-refractivity contribution in [1.82, 2.24) is 4.98 Å². The van der Waals surface area contributed by atoms with Gasteiger partial charge >= 0.3 is 0 Å². The molecule has 0 atom stereocenters. The van der Waals surface area contributed by atoms with Crippen molar-refractivity contribution in [2.75, 3.05) is 4.72 Å². The number of fused-ring (bicyclic) bond motifs is 1. The van der Waals surface area contributed by atoms with E-state index in [0.29, 0.717) is 5.69 Å². The Labute approximate surface area is 136 Å².